The Morgan fingerprint density at radius 3 is 0.941 bits per heavy atom. The van der Waals surface area contributed by atoms with Crippen LogP contribution in [0.2, 0.25) is 0 Å². The van der Waals surface area contributed by atoms with Crippen molar-refractivity contribution in [2.45, 2.75) is 0 Å². The lowest BCUT2D eigenvalue weighted by Gasteiger charge is -2.19. The van der Waals surface area contributed by atoms with Gasteiger partial charge in [-0.05, 0) is 129 Å². The molecule has 24 heteroatoms. The minimum absolute atomic E-state index is 0.0398. The topological polar surface area (TPSA) is 254 Å². The minimum atomic E-state index is -2.00. The molecule has 68 heavy (non-hydrogen) atoms. The molecule has 0 spiro atoms. The zero-order valence-corrected chi connectivity index (χ0v) is 45.5. The molecule has 346 valence electrons. The molecule has 0 radical (unpaired) electrons. The van der Waals surface area contributed by atoms with Gasteiger partial charge >= 0.3 is 47.8 Å². The van der Waals surface area contributed by atoms with E-state index in [0.717, 1.165) is 30.3 Å². The third kappa shape index (κ3) is 11.3. The quantitative estimate of drug-likeness (QED) is 0.0596. The highest BCUT2D eigenvalue weighted by atomic mass is 79.9. The van der Waals surface area contributed by atoms with E-state index in [-0.39, 0.29) is 41.3 Å². The van der Waals surface area contributed by atoms with Crippen LogP contribution in [0, 0.1) is 0 Å². The van der Waals surface area contributed by atoms with Crippen LogP contribution in [0.25, 0.3) is 11.1 Å². The van der Waals surface area contributed by atoms with Gasteiger partial charge in [0.1, 0.15) is 45.3 Å². The van der Waals surface area contributed by atoms with Crippen molar-refractivity contribution >= 4 is 175 Å². The molecule has 4 N–H and O–H groups in total. The fraction of sp³-hybridized carbons (Fsp3) is 0. The van der Waals surface area contributed by atoms with Crippen LogP contribution in [-0.2, 0) is 18.9 Å². The maximum absolute atomic E-state index is 14.8. The van der Waals surface area contributed by atoms with Crippen LogP contribution >= 0.6 is 127 Å². The van der Waals surface area contributed by atoms with Crippen molar-refractivity contribution in [3.63, 3.8) is 0 Å². The maximum Gasteiger partial charge on any atom is 0.349 e. The molecule has 0 aliphatic carbocycles. The number of halogens is 8. The number of phenolic OH excluding ortho intramolecular Hbond substituents is 4. The molecule has 0 aromatic heterocycles. The van der Waals surface area contributed by atoms with Gasteiger partial charge in [0.05, 0.1) is 40.1 Å². The summed E-state index contributed by atoms with van der Waals surface area (Å²) in [5.41, 5.74) is -8.39. The molecular weight excluding hydrogens is 1420 g/mol. The number of hydrogen-bond donors (Lipinski definition) is 4. The van der Waals surface area contributed by atoms with Gasteiger partial charge in [0.2, 0.25) is 0 Å². The summed E-state index contributed by atoms with van der Waals surface area (Å²) in [7, 11) is 0. The smallest absolute Gasteiger partial charge is 0.349 e. The van der Waals surface area contributed by atoms with Crippen molar-refractivity contribution in [1.29, 1.82) is 0 Å². The SMILES string of the molecule is O=C(OC(=O)c1cc(-c2ccccc2)c(C(=O)OC(=O)c2cc(Br)cc(Br)c2O)c(C(=O)OC(=O)c2cc(Br)cc(Br)c2O)c1C(=O)OC(=O)c1cc(Br)cc(Br)c1O)c1cc(Br)cc(Br)c1O. The van der Waals surface area contributed by atoms with E-state index in [9.17, 15) is 58.8 Å². The number of aromatic hydroxyl groups is 4. The number of rotatable bonds is 9. The number of benzene rings is 6. The van der Waals surface area contributed by atoms with Gasteiger partial charge in [-0.2, -0.15) is 0 Å². The summed E-state index contributed by atoms with van der Waals surface area (Å²) in [5, 5.41) is 42.9. The molecule has 0 bridgehead atoms. The molecule has 0 fully saturated rings. The van der Waals surface area contributed by atoms with Crippen LogP contribution in [0.5, 0.6) is 23.0 Å². The van der Waals surface area contributed by atoms with Crippen LogP contribution in [0.4, 0.5) is 0 Å². The fourth-order valence-electron chi connectivity index (χ4n) is 5.97. The van der Waals surface area contributed by atoms with E-state index in [0.29, 0.717) is 0 Å². The highest BCUT2D eigenvalue weighted by Crippen LogP contribution is 2.39. The molecule has 6 aromatic carbocycles. The number of hydrogen-bond acceptors (Lipinski definition) is 16. The Morgan fingerprint density at radius 2 is 0.603 bits per heavy atom. The molecule has 0 heterocycles. The summed E-state index contributed by atoms with van der Waals surface area (Å²) >= 11 is 24.8. The number of phenols is 4. The van der Waals surface area contributed by atoms with Crippen molar-refractivity contribution in [2.75, 3.05) is 0 Å². The van der Waals surface area contributed by atoms with Gasteiger partial charge in [-0.25, -0.2) is 38.4 Å². The van der Waals surface area contributed by atoms with Gasteiger partial charge in [-0.1, -0.05) is 94.1 Å². The molecule has 0 saturated carbocycles. The normalized spacial score (nSPS) is 10.8. The molecule has 6 rings (SSSR count). The molecule has 6 aromatic rings. The Morgan fingerprint density at radius 1 is 0.324 bits per heavy atom. The number of ether oxygens (including phenoxy) is 4. The zero-order chi connectivity index (χ0) is 50.0. The van der Waals surface area contributed by atoms with Crippen molar-refractivity contribution in [1.82, 2.24) is 0 Å². The van der Waals surface area contributed by atoms with Crippen molar-refractivity contribution in [3.05, 3.63) is 165 Å². The first-order chi connectivity index (χ1) is 32.0. The lowest BCUT2D eigenvalue weighted by Crippen LogP contribution is -2.28. The van der Waals surface area contributed by atoms with Gasteiger partial charge in [0.25, 0.3) is 0 Å². The van der Waals surface area contributed by atoms with Crippen LogP contribution in [0.1, 0.15) is 82.9 Å². The van der Waals surface area contributed by atoms with E-state index in [1.165, 1.54) is 54.6 Å². The number of esters is 8. The van der Waals surface area contributed by atoms with Crippen molar-refractivity contribution in [3.8, 4) is 34.1 Å². The van der Waals surface area contributed by atoms with Gasteiger partial charge in [0, 0.05) is 17.9 Å². The Kier molecular flexibility index (Phi) is 16.7. The number of carbonyl (C=O) groups is 8. The van der Waals surface area contributed by atoms with E-state index in [4.69, 9.17) is 18.9 Å². The van der Waals surface area contributed by atoms with Crippen LogP contribution < -0.4 is 0 Å². The van der Waals surface area contributed by atoms with E-state index in [1.54, 1.807) is 0 Å². The van der Waals surface area contributed by atoms with E-state index in [1.807, 2.05) is 0 Å². The van der Waals surface area contributed by atoms with Gasteiger partial charge in [-0.15, -0.1) is 0 Å². The first-order valence-corrected chi connectivity index (χ1v) is 24.4. The Hall–Kier alpha value is -5.08. The maximum atomic E-state index is 14.8. The fourth-order valence-corrected chi connectivity index (χ4v) is 10.9. The molecular formula is C44H18Br8O16. The molecule has 0 saturated heterocycles. The lowest BCUT2D eigenvalue weighted by atomic mass is 9.88. The molecule has 0 atom stereocenters. The standard InChI is InChI=1S/C44H18Br8O16/c45-16-6-22(33(53)26(49)10-16)38(58)65-37(57)21-14-20(15-4-2-1-3-5-15)30(42(62)66-39(59)23-7-17(46)11-27(50)34(23)54)32(44(64)68-41(61)25-9-19(48)13-29(52)36(25)56)31(21)43(63)67-40(60)24-8-18(47)12-28(51)35(24)55/h1-14,53-56H. The third-order valence-electron chi connectivity index (χ3n) is 8.98. The van der Waals surface area contributed by atoms with E-state index < -0.39 is 121 Å². The monoisotopic (exact) mass is 1430 g/mol. The first kappa shape index (κ1) is 52.3. The minimum Gasteiger partial charge on any atom is -0.506 e. The lowest BCUT2D eigenvalue weighted by molar-refractivity contribution is 0.0332. The zero-order valence-electron chi connectivity index (χ0n) is 32.8. The Labute approximate surface area is 448 Å². The van der Waals surface area contributed by atoms with Gasteiger partial charge < -0.3 is 39.4 Å². The molecule has 0 aliphatic heterocycles. The summed E-state index contributed by atoms with van der Waals surface area (Å²) in [6, 6.07) is 17.2. The second-order valence-corrected chi connectivity index (χ2v) is 20.4. The van der Waals surface area contributed by atoms with Crippen LogP contribution in [-0.4, -0.2) is 68.2 Å². The number of carbonyl (C=O) groups excluding carboxylic acids is 8. The second-order valence-electron chi connectivity index (χ2n) is 13.3. The van der Waals surface area contributed by atoms with Crippen LogP contribution in [0.15, 0.2) is 121 Å². The van der Waals surface area contributed by atoms with Gasteiger partial charge in [-0.3, -0.25) is 0 Å². The third-order valence-corrected chi connectivity index (χ3v) is 13.2. The van der Waals surface area contributed by atoms with Crippen LogP contribution in [0.3, 0.4) is 0 Å². The predicted molar refractivity (Wildman–Crippen MR) is 265 cm³/mol. The average molecular weight is 1440 g/mol. The van der Waals surface area contributed by atoms with E-state index >= 15 is 0 Å². The molecule has 16 nitrogen and oxygen atoms in total. The summed E-state index contributed by atoms with van der Waals surface area (Å²) < 4.78 is 21.1. The molecule has 0 amide bonds. The summed E-state index contributed by atoms with van der Waals surface area (Å²) in [6.07, 6.45) is 0. The van der Waals surface area contributed by atoms with E-state index in [2.05, 4.69) is 127 Å². The first-order valence-electron chi connectivity index (χ1n) is 18.0. The highest BCUT2D eigenvalue weighted by molar-refractivity contribution is 9.12. The highest BCUT2D eigenvalue weighted by Gasteiger charge is 2.40. The molecule has 0 unspecified atom stereocenters. The summed E-state index contributed by atoms with van der Waals surface area (Å²) in [6.45, 7) is 0. The Bertz CT molecular complexity index is 3210. The van der Waals surface area contributed by atoms with Crippen molar-refractivity contribution in [2.24, 2.45) is 0 Å². The largest absolute Gasteiger partial charge is 0.506 e. The summed E-state index contributed by atoms with van der Waals surface area (Å²) in [5.74, 6) is -17.0. The second kappa shape index (κ2) is 21.7. The van der Waals surface area contributed by atoms with Gasteiger partial charge in [0.15, 0.2) is 0 Å². The van der Waals surface area contributed by atoms with Crippen molar-refractivity contribution < 1.29 is 77.7 Å². The summed E-state index contributed by atoms with van der Waals surface area (Å²) in [4.78, 5) is 113. The average Bonchev–Trinajstić information content (AvgIpc) is 3.27. The molecule has 0 aliphatic rings. The Balaban J connectivity index is 1.67. The predicted octanol–water partition coefficient (Wildman–Crippen LogP) is 12.3.